The highest BCUT2D eigenvalue weighted by Crippen LogP contribution is 2.37. The Bertz CT molecular complexity index is 594. The van der Waals surface area contributed by atoms with Gasteiger partial charge in [0.1, 0.15) is 11.9 Å². The normalized spacial score (nSPS) is 21.2. The molecule has 0 saturated heterocycles. The Labute approximate surface area is 118 Å². The zero-order valence-corrected chi connectivity index (χ0v) is 11.7. The molecule has 3 heteroatoms. The molecule has 2 aromatic carbocycles. The van der Waals surface area contributed by atoms with Crippen LogP contribution in [0.1, 0.15) is 24.2 Å². The lowest BCUT2D eigenvalue weighted by molar-refractivity contribution is 0.177. The van der Waals surface area contributed by atoms with Crippen LogP contribution in [0.25, 0.3) is 0 Å². The van der Waals surface area contributed by atoms with Gasteiger partial charge in [0.2, 0.25) is 0 Å². The van der Waals surface area contributed by atoms with Crippen molar-refractivity contribution in [2.75, 3.05) is 5.32 Å². The van der Waals surface area contributed by atoms with E-state index in [1.807, 2.05) is 24.3 Å². The van der Waals surface area contributed by atoms with Gasteiger partial charge in [0.15, 0.2) is 0 Å². The maximum atomic E-state index is 6.15. The second kappa shape index (κ2) is 4.78. The number of benzene rings is 2. The number of rotatable bonds is 1. The van der Waals surface area contributed by atoms with E-state index >= 15 is 0 Å². The maximum absolute atomic E-state index is 6.15. The van der Waals surface area contributed by atoms with Crippen molar-refractivity contribution < 1.29 is 4.74 Å². The molecule has 0 aliphatic carbocycles. The zero-order chi connectivity index (χ0) is 13.4. The number of aryl methyl sites for hydroxylation is 1. The van der Waals surface area contributed by atoms with E-state index in [1.165, 1.54) is 5.56 Å². The van der Waals surface area contributed by atoms with Crippen molar-refractivity contribution in [3.8, 4) is 5.75 Å². The van der Waals surface area contributed by atoms with E-state index in [-0.39, 0.29) is 12.1 Å². The van der Waals surface area contributed by atoms with Crippen LogP contribution in [0.15, 0.2) is 42.5 Å². The predicted molar refractivity (Wildman–Crippen MR) is 79.1 cm³/mol. The molecule has 0 radical (unpaired) electrons. The molecule has 0 saturated carbocycles. The molecule has 2 atom stereocenters. The summed E-state index contributed by atoms with van der Waals surface area (Å²) in [6, 6.07) is 14.3. The molecule has 0 fully saturated rings. The summed E-state index contributed by atoms with van der Waals surface area (Å²) >= 11 is 5.93. The van der Waals surface area contributed by atoms with Gasteiger partial charge in [-0.05, 0) is 49.2 Å². The standard InChI is InChI=1S/C16H16ClNO/c1-10-3-8-14-15(9-10)19-16(11(2)18-14)12-4-6-13(17)7-5-12/h3-9,11,16,18H,1-2H3. The number of fused-ring (bicyclic) bond motifs is 1. The van der Waals surface area contributed by atoms with Crippen LogP contribution >= 0.6 is 11.6 Å². The van der Waals surface area contributed by atoms with Crippen LogP contribution in [0.2, 0.25) is 5.02 Å². The van der Waals surface area contributed by atoms with Crippen molar-refractivity contribution in [3.05, 3.63) is 58.6 Å². The molecule has 0 amide bonds. The van der Waals surface area contributed by atoms with Crippen LogP contribution in [0.4, 0.5) is 5.69 Å². The smallest absolute Gasteiger partial charge is 0.144 e. The summed E-state index contributed by atoms with van der Waals surface area (Å²) in [5, 5.41) is 4.24. The summed E-state index contributed by atoms with van der Waals surface area (Å²) in [4.78, 5) is 0. The van der Waals surface area contributed by atoms with Gasteiger partial charge < -0.3 is 10.1 Å². The maximum Gasteiger partial charge on any atom is 0.144 e. The van der Waals surface area contributed by atoms with E-state index in [1.54, 1.807) is 0 Å². The minimum atomic E-state index is 0.00608. The summed E-state index contributed by atoms with van der Waals surface area (Å²) in [5.41, 5.74) is 3.39. The Morgan fingerprint density at radius 2 is 1.84 bits per heavy atom. The summed E-state index contributed by atoms with van der Waals surface area (Å²) in [5.74, 6) is 0.915. The van der Waals surface area contributed by atoms with Crippen LogP contribution in [0.5, 0.6) is 5.75 Å². The quantitative estimate of drug-likeness (QED) is 0.821. The molecular weight excluding hydrogens is 258 g/mol. The van der Waals surface area contributed by atoms with E-state index in [4.69, 9.17) is 16.3 Å². The lowest BCUT2D eigenvalue weighted by atomic mass is 10.0. The van der Waals surface area contributed by atoms with Crippen LogP contribution < -0.4 is 10.1 Å². The number of halogens is 1. The van der Waals surface area contributed by atoms with E-state index in [9.17, 15) is 0 Å². The highest BCUT2D eigenvalue weighted by molar-refractivity contribution is 6.30. The molecule has 19 heavy (non-hydrogen) atoms. The van der Waals surface area contributed by atoms with Crippen molar-refractivity contribution in [3.63, 3.8) is 0 Å². The highest BCUT2D eigenvalue weighted by atomic mass is 35.5. The molecule has 3 rings (SSSR count). The van der Waals surface area contributed by atoms with Gasteiger partial charge in [0.25, 0.3) is 0 Å². The molecule has 1 aliphatic rings. The molecule has 2 nitrogen and oxygen atoms in total. The minimum Gasteiger partial charge on any atom is -0.481 e. The molecule has 0 spiro atoms. The lowest BCUT2D eigenvalue weighted by Crippen LogP contribution is -2.32. The Hall–Kier alpha value is -1.67. The molecule has 1 heterocycles. The Morgan fingerprint density at radius 3 is 2.58 bits per heavy atom. The van der Waals surface area contributed by atoms with Gasteiger partial charge in [0, 0.05) is 5.02 Å². The third-order valence-corrected chi connectivity index (χ3v) is 3.68. The van der Waals surface area contributed by atoms with Gasteiger partial charge in [0.05, 0.1) is 11.7 Å². The number of hydrogen-bond donors (Lipinski definition) is 1. The molecule has 2 aromatic rings. The van der Waals surface area contributed by atoms with E-state index < -0.39 is 0 Å². The first-order valence-electron chi connectivity index (χ1n) is 6.43. The Kier molecular flexibility index (Phi) is 3.11. The summed E-state index contributed by atoms with van der Waals surface area (Å²) < 4.78 is 6.15. The fourth-order valence-electron chi connectivity index (χ4n) is 2.42. The third kappa shape index (κ3) is 2.41. The van der Waals surface area contributed by atoms with E-state index in [0.717, 1.165) is 22.0 Å². The van der Waals surface area contributed by atoms with Gasteiger partial charge in [-0.2, -0.15) is 0 Å². The Morgan fingerprint density at radius 1 is 1.11 bits per heavy atom. The average molecular weight is 274 g/mol. The number of ether oxygens (including phenoxy) is 1. The van der Waals surface area contributed by atoms with Crippen molar-refractivity contribution in [1.82, 2.24) is 0 Å². The summed E-state index contributed by atoms with van der Waals surface area (Å²) in [6.45, 7) is 4.20. The zero-order valence-electron chi connectivity index (χ0n) is 11.0. The summed E-state index contributed by atoms with van der Waals surface area (Å²) in [7, 11) is 0. The van der Waals surface area contributed by atoms with Crippen molar-refractivity contribution in [2.24, 2.45) is 0 Å². The highest BCUT2D eigenvalue weighted by Gasteiger charge is 2.27. The first-order valence-corrected chi connectivity index (χ1v) is 6.80. The van der Waals surface area contributed by atoms with Gasteiger partial charge in [-0.1, -0.05) is 29.8 Å². The predicted octanol–water partition coefficient (Wildman–Crippen LogP) is 4.58. The first kappa shape index (κ1) is 12.4. The van der Waals surface area contributed by atoms with Gasteiger partial charge in [-0.25, -0.2) is 0 Å². The van der Waals surface area contributed by atoms with Crippen molar-refractivity contribution in [1.29, 1.82) is 0 Å². The Balaban J connectivity index is 1.94. The fraction of sp³-hybridized carbons (Fsp3) is 0.250. The van der Waals surface area contributed by atoms with Crippen LogP contribution in [0.3, 0.4) is 0 Å². The molecule has 98 valence electrons. The van der Waals surface area contributed by atoms with E-state index in [2.05, 4.69) is 37.4 Å². The second-order valence-corrected chi connectivity index (χ2v) is 5.46. The van der Waals surface area contributed by atoms with Crippen LogP contribution in [-0.2, 0) is 0 Å². The monoisotopic (exact) mass is 273 g/mol. The van der Waals surface area contributed by atoms with Gasteiger partial charge in [-0.15, -0.1) is 0 Å². The fourth-order valence-corrected chi connectivity index (χ4v) is 2.54. The molecular formula is C16H16ClNO. The van der Waals surface area contributed by atoms with Gasteiger partial charge in [-0.3, -0.25) is 0 Å². The van der Waals surface area contributed by atoms with E-state index in [0.29, 0.717) is 0 Å². The minimum absolute atomic E-state index is 0.00608. The molecule has 0 aromatic heterocycles. The first-order chi connectivity index (χ1) is 9.13. The number of anilines is 1. The molecule has 1 aliphatic heterocycles. The lowest BCUT2D eigenvalue weighted by Gasteiger charge is -2.33. The van der Waals surface area contributed by atoms with Crippen molar-refractivity contribution >= 4 is 17.3 Å². The second-order valence-electron chi connectivity index (χ2n) is 5.02. The molecule has 1 N–H and O–H groups in total. The number of hydrogen-bond acceptors (Lipinski definition) is 2. The average Bonchev–Trinajstić information content (AvgIpc) is 2.40. The van der Waals surface area contributed by atoms with Crippen LogP contribution in [-0.4, -0.2) is 6.04 Å². The summed E-state index contributed by atoms with van der Waals surface area (Å²) in [6.07, 6.45) is 0.00608. The molecule has 2 unspecified atom stereocenters. The third-order valence-electron chi connectivity index (χ3n) is 3.43. The van der Waals surface area contributed by atoms with Gasteiger partial charge >= 0.3 is 0 Å². The SMILES string of the molecule is Cc1ccc2c(c1)OC(c1ccc(Cl)cc1)C(C)N2. The topological polar surface area (TPSA) is 21.3 Å². The number of nitrogens with one attached hydrogen (secondary N) is 1. The largest absolute Gasteiger partial charge is 0.481 e. The molecule has 0 bridgehead atoms. The van der Waals surface area contributed by atoms with Crippen LogP contribution in [0, 0.1) is 6.92 Å². The van der Waals surface area contributed by atoms with Crippen molar-refractivity contribution in [2.45, 2.75) is 26.0 Å².